The van der Waals surface area contributed by atoms with E-state index in [9.17, 15) is 14.3 Å². The molecule has 1 atom stereocenters. The van der Waals surface area contributed by atoms with Crippen LogP contribution in [-0.2, 0) is 0 Å². The number of nitrogens with one attached hydrogen (secondary N) is 2. The lowest BCUT2D eigenvalue weighted by Gasteiger charge is -2.17. The molecule has 1 unspecified atom stereocenters. The number of carbonyl (C=O) groups excluding carboxylic acids is 1. The molecule has 5 heteroatoms. The number of aliphatic hydroxyl groups excluding tert-OH is 1. The van der Waals surface area contributed by atoms with E-state index in [0.29, 0.717) is 6.42 Å². The van der Waals surface area contributed by atoms with E-state index >= 15 is 0 Å². The van der Waals surface area contributed by atoms with Gasteiger partial charge in [0, 0.05) is 6.54 Å². The molecule has 0 aliphatic rings. The summed E-state index contributed by atoms with van der Waals surface area (Å²) in [6.07, 6.45) is 0.294. The number of hydrogen-bond acceptors (Lipinski definition) is 2. The average Bonchev–Trinajstić information content (AvgIpc) is 2.37. The maximum absolute atomic E-state index is 11.8. The number of alkyl halides is 1. The van der Waals surface area contributed by atoms with E-state index in [1.807, 2.05) is 30.3 Å². The Labute approximate surface area is 99.8 Å². The molecule has 17 heavy (non-hydrogen) atoms. The zero-order valence-electron chi connectivity index (χ0n) is 9.53. The Bertz CT molecular complexity index is 333. The van der Waals surface area contributed by atoms with E-state index in [0.717, 1.165) is 5.56 Å². The number of amides is 2. The van der Waals surface area contributed by atoms with E-state index < -0.39 is 18.7 Å². The van der Waals surface area contributed by atoms with Crippen molar-refractivity contribution in [2.75, 3.05) is 19.8 Å². The van der Waals surface area contributed by atoms with Crippen molar-refractivity contribution in [1.82, 2.24) is 10.6 Å². The van der Waals surface area contributed by atoms with Crippen molar-refractivity contribution < 1.29 is 14.3 Å². The van der Waals surface area contributed by atoms with E-state index in [1.54, 1.807) is 0 Å². The first-order chi connectivity index (χ1) is 8.27. The summed E-state index contributed by atoms with van der Waals surface area (Å²) in [5.41, 5.74) is 0.829. The Balaban J connectivity index is 2.44. The molecule has 1 aromatic rings. The minimum Gasteiger partial charge on any atom is -0.394 e. The molecule has 0 radical (unpaired) electrons. The van der Waals surface area contributed by atoms with Gasteiger partial charge in [-0.2, -0.15) is 0 Å². The number of rotatable bonds is 6. The smallest absolute Gasteiger partial charge is 0.315 e. The van der Waals surface area contributed by atoms with Crippen LogP contribution in [0.4, 0.5) is 9.18 Å². The first-order valence-electron chi connectivity index (χ1n) is 5.54. The minimum absolute atomic E-state index is 0.180. The van der Waals surface area contributed by atoms with Crippen molar-refractivity contribution >= 4 is 6.03 Å². The van der Waals surface area contributed by atoms with Crippen molar-refractivity contribution in [3.05, 3.63) is 35.9 Å². The topological polar surface area (TPSA) is 61.4 Å². The molecule has 2 amide bonds. The van der Waals surface area contributed by atoms with Gasteiger partial charge in [-0.3, -0.25) is 4.39 Å². The van der Waals surface area contributed by atoms with Gasteiger partial charge in [0.05, 0.1) is 19.3 Å². The van der Waals surface area contributed by atoms with Crippen molar-refractivity contribution in [3.63, 3.8) is 0 Å². The summed E-state index contributed by atoms with van der Waals surface area (Å²) < 4.78 is 11.8. The van der Waals surface area contributed by atoms with Gasteiger partial charge >= 0.3 is 6.03 Å². The summed E-state index contributed by atoms with van der Waals surface area (Å²) >= 11 is 0. The van der Waals surface area contributed by atoms with Gasteiger partial charge in [-0.1, -0.05) is 30.3 Å². The molecule has 3 N–H and O–H groups in total. The van der Waals surface area contributed by atoms with E-state index in [4.69, 9.17) is 0 Å². The van der Waals surface area contributed by atoms with Crippen LogP contribution < -0.4 is 10.6 Å². The number of benzene rings is 1. The maximum Gasteiger partial charge on any atom is 0.315 e. The van der Waals surface area contributed by atoms with Gasteiger partial charge in [-0.05, 0) is 12.0 Å². The van der Waals surface area contributed by atoms with E-state index in [1.165, 1.54) is 0 Å². The van der Waals surface area contributed by atoms with Gasteiger partial charge in [0.25, 0.3) is 0 Å². The molecule has 0 spiro atoms. The average molecular weight is 240 g/mol. The van der Waals surface area contributed by atoms with Gasteiger partial charge in [0.2, 0.25) is 0 Å². The first-order valence-corrected chi connectivity index (χ1v) is 5.54. The molecule has 1 rings (SSSR count). The number of halogens is 1. The molecule has 0 aliphatic carbocycles. The second kappa shape index (κ2) is 7.62. The summed E-state index contributed by atoms with van der Waals surface area (Å²) in [6.45, 7) is -0.349. The quantitative estimate of drug-likeness (QED) is 0.658. The van der Waals surface area contributed by atoms with Gasteiger partial charge < -0.3 is 15.7 Å². The Morgan fingerprint density at radius 2 is 2.06 bits per heavy atom. The fourth-order valence-corrected chi connectivity index (χ4v) is 1.40. The Morgan fingerprint density at radius 3 is 2.65 bits per heavy atom. The zero-order chi connectivity index (χ0) is 12.5. The molecule has 0 aromatic heterocycles. The van der Waals surface area contributed by atoms with Crippen LogP contribution in [0.2, 0.25) is 0 Å². The Kier molecular flexibility index (Phi) is 6.03. The van der Waals surface area contributed by atoms with Crippen molar-refractivity contribution in [1.29, 1.82) is 0 Å². The molecule has 0 aliphatic heterocycles. The molecular formula is C12H17FN2O2. The lowest BCUT2D eigenvalue weighted by atomic mass is 10.1. The van der Waals surface area contributed by atoms with Gasteiger partial charge in [-0.15, -0.1) is 0 Å². The van der Waals surface area contributed by atoms with Crippen LogP contribution in [0.5, 0.6) is 0 Å². The first kappa shape index (κ1) is 13.4. The van der Waals surface area contributed by atoms with Crippen LogP contribution >= 0.6 is 0 Å². The highest BCUT2D eigenvalue weighted by Gasteiger charge is 2.12. The standard InChI is InChI=1S/C12H17FN2O2/c13-7-4-8-14-12(17)15-11(9-16)10-5-2-1-3-6-10/h1-3,5-6,11,16H,4,7-9H2,(H2,14,15,17). The second-order valence-corrected chi connectivity index (χ2v) is 3.59. The summed E-state index contributed by atoms with van der Waals surface area (Å²) in [6, 6.07) is 8.33. The minimum atomic E-state index is -0.456. The highest BCUT2D eigenvalue weighted by atomic mass is 19.1. The lowest BCUT2D eigenvalue weighted by molar-refractivity contribution is 0.216. The molecule has 0 bridgehead atoms. The third-order valence-electron chi connectivity index (χ3n) is 2.29. The van der Waals surface area contributed by atoms with Crippen molar-refractivity contribution in [3.8, 4) is 0 Å². The highest BCUT2D eigenvalue weighted by Crippen LogP contribution is 2.10. The van der Waals surface area contributed by atoms with Crippen molar-refractivity contribution in [2.24, 2.45) is 0 Å². The van der Waals surface area contributed by atoms with Crippen LogP contribution in [0.25, 0.3) is 0 Å². The number of carbonyl (C=O) groups is 1. The highest BCUT2D eigenvalue weighted by molar-refractivity contribution is 5.74. The molecule has 1 aromatic carbocycles. The normalized spacial score (nSPS) is 11.9. The largest absolute Gasteiger partial charge is 0.394 e. The summed E-state index contributed by atoms with van der Waals surface area (Å²) in [4.78, 5) is 11.4. The molecule has 0 saturated heterocycles. The number of aliphatic hydroxyl groups is 1. The fraction of sp³-hybridized carbons (Fsp3) is 0.417. The molecule has 0 heterocycles. The van der Waals surface area contributed by atoms with Gasteiger partial charge in [0.15, 0.2) is 0 Å². The molecule has 94 valence electrons. The predicted molar refractivity (Wildman–Crippen MR) is 63.4 cm³/mol. The summed E-state index contributed by atoms with van der Waals surface area (Å²) in [5.74, 6) is 0. The third kappa shape index (κ3) is 4.82. The molecular weight excluding hydrogens is 223 g/mol. The van der Waals surface area contributed by atoms with E-state index in [2.05, 4.69) is 10.6 Å². The fourth-order valence-electron chi connectivity index (χ4n) is 1.40. The third-order valence-corrected chi connectivity index (χ3v) is 2.29. The van der Waals surface area contributed by atoms with Crippen LogP contribution in [0.1, 0.15) is 18.0 Å². The summed E-state index contributed by atoms with van der Waals surface area (Å²) in [5, 5.41) is 14.3. The molecule has 0 fully saturated rings. The lowest BCUT2D eigenvalue weighted by Crippen LogP contribution is -2.39. The van der Waals surface area contributed by atoms with Crippen LogP contribution in [-0.4, -0.2) is 31.0 Å². The summed E-state index contributed by atoms with van der Waals surface area (Å²) in [7, 11) is 0. The Morgan fingerprint density at radius 1 is 1.35 bits per heavy atom. The number of urea groups is 1. The van der Waals surface area contributed by atoms with Gasteiger partial charge in [-0.25, -0.2) is 4.79 Å². The maximum atomic E-state index is 11.8. The second-order valence-electron chi connectivity index (χ2n) is 3.59. The molecule has 0 saturated carbocycles. The van der Waals surface area contributed by atoms with Crippen LogP contribution in [0, 0.1) is 0 Å². The number of hydrogen-bond donors (Lipinski definition) is 3. The molecule has 4 nitrogen and oxygen atoms in total. The Hall–Kier alpha value is -1.62. The SMILES string of the molecule is O=C(NCCCF)NC(CO)c1ccccc1. The van der Waals surface area contributed by atoms with Gasteiger partial charge in [0.1, 0.15) is 0 Å². The monoisotopic (exact) mass is 240 g/mol. The van der Waals surface area contributed by atoms with E-state index in [-0.39, 0.29) is 13.2 Å². The zero-order valence-corrected chi connectivity index (χ0v) is 9.53. The van der Waals surface area contributed by atoms with Crippen molar-refractivity contribution in [2.45, 2.75) is 12.5 Å². The van der Waals surface area contributed by atoms with Crippen LogP contribution in [0.15, 0.2) is 30.3 Å². The van der Waals surface area contributed by atoms with Crippen LogP contribution in [0.3, 0.4) is 0 Å². The predicted octanol–water partition coefficient (Wildman–Crippen LogP) is 1.38.